The van der Waals surface area contributed by atoms with Crippen LogP contribution in [0.15, 0.2) is 24.3 Å². The SMILES string of the molecule is CCNCCNC(=O)c1ccc(NC(C)=O)cc1.Cl. The van der Waals surface area contributed by atoms with Crippen LogP contribution in [-0.2, 0) is 4.79 Å². The Hall–Kier alpha value is -1.59. The van der Waals surface area contributed by atoms with E-state index in [-0.39, 0.29) is 24.2 Å². The number of anilines is 1. The maximum absolute atomic E-state index is 11.7. The summed E-state index contributed by atoms with van der Waals surface area (Å²) in [5.74, 6) is -0.236. The van der Waals surface area contributed by atoms with Crippen LogP contribution < -0.4 is 16.0 Å². The lowest BCUT2D eigenvalue weighted by molar-refractivity contribution is -0.114. The summed E-state index contributed by atoms with van der Waals surface area (Å²) < 4.78 is 0. The Kier molecular flexibility index (Phi) is 8.57. The summed E-state index contributed by atoms with van der Waals surface area (Å²) in [6, 6.07) is 6.79. The first kappa shape index (κ1) is 17.4. The summed E-state index contributed by atoms with van der Waals surface area (Å²) in [4.78, 5) is 22.6. The minimum atomic E-state index is -0.127. The average molecular weight is 286 g/mol. The summed E-state index contributed by atoms with van der Waals surface area (Å²) in [6.07, 6.45) is 0. The molecule has 1 aromatic carbocycles. The third-order valence-corrected chi connectivity index (χ3v) is 2.30. The molecule has 0 aromatic heterocycles. The molecule has 0 fully saturated rings. The first-order valence-corrected chi connectivity index (χ1v) is 6.00. The van der Waals surface area contributed by atoms with Crippen molar-refractivity contribution in [1.82, 2.24) is 10.6 Å². The summed E-state index contributed by atoms with van der Waals surface area (Å²) in [7, 11) is 0. The van der Waals surface area contributed by atoms with Gasteiger partial charge in [-0.05, 0) is 30.8 Å². The number of benzene rings is 1. The molecule has 0 atom stereocenters. The van der Waals surface area contributed by atoms with Crippen LogP contribution in [0.4, 0.5) is 5.69 Å². The fraction of sp³-hybridized carbons (Fsp3) is 0.385. The summed E-state index contributed by atoms with van der Waals surface area (Å²) in [6.45, 7) is 5.71. The number of carbonyl (C=O) groups excluding carboxylic acids is 2. The number of nitrogens with one attached hydrogen (secondary N) is 3. The van der Waals surface area contributed by atoms with Gasteiger partial charge in [0.15, 0.2) is 0 Å². The van der Waals surface area contributed by atoms with E-state index in [0.29, 0.717) is 17.8 Å². The van der Waals surface area contributed by atoms with E-state index < -0.39 is 0 Å². The number of hydrogen-bond donors (Lipinski definition) is 3. The summed E-state index contributed by atoms with van der Waals surface area (Å²) >= 11 is 0. The second-order valence-electron chi connectivity index (χ2n) is 3.87. The van der Waals surface area contributed by atoms with Gasteiger partial charge in [0.05, 0.1) is 0 Å². The Morgan fingerprint density at radius 1 is 1.11 bits per heavy atom. The van der Waals surface area contributed by atoms with Crippen LogP contribution in [0.3, 0.4) is 0 Å². The van der Waals surface area contributed by atoms with Gasteiger partial charge in [-0.25, -0.2) is 0 Å². The van der Waals surface area contributed by atoms with Crippen LogP contribution in [0.1, 0.15) is 24.2 Å². The van der Waals surface area contributed by atoms with E-state index in [1.54, 1.807) is 24.3 Å². The zero-order chi connectivity index (χ0) is 13.4. The lowest BCUT2D eigenvalue weighted by Gasteiger charge is -2.06. The van der Waals surface area contributed by atoms with Crippen molar-refractivity contribution in [2.75, 3.05) is 25.0 Å². The Morgan fingerprint density at radius 2 is 1.74 bits per heavy atom. The fourth-order valence-corrected chi connectivity index (χ4v) is 1.45. The molecular weight excluding hydrogens is 266 g/mol. The highest BCUT2D eigenvalue weighted by Crippen LogP contribution is 2.09. The van der Waals surface area contributed by atoms with Gasteiger partial charge in [0, 0.05) is 31.3 Å². The number of halogens is 1. The summed E-state index contributed by atoms with van der Waals surface area (Å²) in [5.41, 5.74) is 1.27. The van der Waals surface area contributed by atoms with E-state index in [9.17, 15) is 9.59 Å². The minimum Gasteiger partial charge on any atom is -0.351 e. The van der Waals surface area contributed by atoms with Gasteiger partial charge in [-0.2, -0.15) is 0 Å². The predicted molar refractivity (Wildman–Crippen MR) is 78.9 cm³/mol. The predicted octanol–water partition coefficient (Wildman–Crippen LogP) is 1.41. The first-order chi connectivity index (χ1) is 8.63. The number of rotatable bonds is 6. The Bertz CT molecular complexity index is 407. The molecular formula is C13H20ClN3O2. The number of amides is 2. The zero-order valence-electron chi connectivity index (χ0n) is 11.2. The quantitative estimate of drug-likeness (QED) is 0.692. The molecule has 6 heteroatoms. The van der Waals surface area contributed by atoms with E-state index in [0.717, 1.165) is 13.1 Å². The molecule has 0 unspecified atom stereocenters. The van der Waals surface area contributed by atoms with E-state index >= 15 is 0 Å². The van der Waals surface area contributed by atoms with Crippen LogP contribution in [0.2, 0.25) is 0 Å². The third-order valence-electron chi connectivity index (χ3n) is 2.30. The Morgan fingerprint density at radius 3 is 2.26 bits per heavy atom. The van der Waals surface area contributed by atoms with Crippen molar-refractivity contribution < 1.29 is 9.59 Å². The topological polar surface area (TPSA) is 70.2 Å². The molecule has 0 aliphatic rings. The van der Waals surface area contributed by atoms with Gasteiger partial charge in [-0.3, -0.25) is 9.59 Å². The van der Waals surface area contributed by atoms with Gasteiger partial charge in [0.1, 0.15) is 0 Å². The molecule has 0 bridgehead atoms. The smallest absolute Gasteiger partial charge is 0.251 e. The highest BCUT2D eigenvalue weighted by atomic mass is 35.5. The van der Waals surface area contributed by atoms with Gasteiger partial charge >= 0.3 is 0 Å². The molecule has 0 saturated heterocycles. The second kappa shape index (κ2) is 9.35. The minimum absolute atomic E-state index is 0. The van der Waals surface area contributed by atoms with Crippen molar-refractivity contribution >= 4 is 29.9 Å². The highest BCUT2D eigenvalue weighted by molar-refractivity contribution is 5.95. The number of carbonyl (C=O) groups is 2. The van der Waals surface area contributed by atoms with Gasteiger partial charge < -0.3 is 16.0 Å². The highest BCUT2D eigenvalue weighted by Gasteiger charge is 2.04. The van der Waals surface area contributed by atoms with Gasteiger partial charge in [0.2, 0.25) is 5.91 Å². The van der Waals surface area contributed by atoms with Crippen molar-refractivity contribution in [3.8, 4) is 0 Å². The van der Waals surface area contributed by atoms with Crippen LogP contribution in [-0.4, -0.2) is 31.4 Å². The maximum atomic E-state index is 11.7. The van der Waals surface area contributed by atoms with Crippen molar-refractivity contribution in [1.29, 1.82) is 0 Å². The molecule has 19 heavy (non-hydrogen) atoms. The average Bonchev–Trinajstić information content (AvgIpc) is 2.34. The monoisotopic (exact) mass is 285 g/mol. The lowest BCUT2D eigenvalue weighted by Crippen LogP contribution is -2.31. The van der Waals surface area contributed by atoms with E-state index in [1.807, 2.05) is 6.92 Å². The molecule has 1 aromatic rings. The van der Waals surface area contributed by atoms with Crippen LogP contribution in [0, 0.1) is 0 Å². The van der Waals surface area contributed by atoms with Crippen LogP contribution >= 0.6 is 12.4 Å². The normalized spacial score (nSPS) is 9.37. The summed E-state index contributed by atoms with van der Waals surface area (Å²) in [5, 5.41) is 8.58. The third kappa shape index (κ3) is 6.79. The van der Waals surface area contributed by atoms with E-state index in [2.05, 4.69) is 16.0 Å². The molecule has 0 saturated carbocycles. The van der Waals surface area contributed by atoms with E-state index in [4.69, 9.17) is 0 Å². The van der Waals surface area contributed by atoms with Gasteiger partial charge in [-0.15, -0.1) is 12.4 Å². The van der Waals surface area contributed by atoms with Gasteiger partial charge in [0.25, 0.3) is 5.91 Å². The molecule has 0 aliphatic carbocycles. The zero-order valence-corrected chi connectivity index (χ0v) is 12.0. The van der Waals surface area contributed by atoms with Crippen molar-refractivity contribution in [3.63, 3.8) is 0 Å². The second-order valence-corrected chi connectivity index (χ2v) is 3.87. The molecule has 2 amide bonds. The lowest BCUT2D eigenvalue weighted by atomic mass is 10.2. The maximum Gasteiger partial charge on any atom is 0.251 e. The van der Waals surface area contributed by atoms with E-state index in [1.165, 1.54) is 6.92 Å². The molecule has 0 aliphatic heterocycles. The molecule has 106 valence electrons. The standard InChI is InChI=1S/C13H19N3O2.ClH/c1-3-14-8-9-15-13(18)11-4-6-12(7-5-11)16-10(2)17;/h4-7,14H,3,8-9H2,1-2H3,(H,15,18)(H,16,17);1H. The van der Waals surface area contributed by atoms with Crippen molar-refractivity contribution in [3.05, 3.63) is 29.8 Å². The molecule has 0 radical (unpaired) electrons. The van der Waals surface area contributed by atoms with Crippen LogP contribution in [0.25, 0.3) is 0 Å². The number of hydrogen-bond acceptors (Lipinski definition) is 3. The molecule has 1 rings (SSSR count). The number of likely N-dealkylation sites (N-methyl/N-ethyl adjacent to an activating group) is 1. The Balaban J connectivity index is 0.00000324. The van der Waals surface area contributed by atoms with Crippen molar-refractivity contribution in [2.45, 2.75) is 13.8 Å². The van der Waals surface area contributed by atoms with Crippen LogP contribution in [0.5, 0.6) is 0 Å². The molecule has 0 spiro atoms. The van der Waals surface area contributed by atoms with Gasteiger partial charge in [-0.1, -0.05) is 6.92 Å². The molecule has 3 N–H and O–H groups in total. The first-order valence-electron chi connectivity index (χ1n) is 6.00. The van der Waals surface area contributed by atoms with Crippen molar-refractivity contribution in [2.24, 2.45) is 0 Å². The molecule has 5 nitrogen and oxygen atoms in total. The largest absolute Gasteiger partial charge is 0.351 e. The fourth-order valence-electron chi connectivity index (χ4n) is 1.45. The Labute approximate surface area is 119 Å². The molecule has 0 heterocycles.